The van der Waals surface area contributed by atoms with Gasteiger partial charge in [0, 0.05) is 11.1 Å². The van der Waals surface area contributed by atoms with Crippen molar-refractivity contribution in [2.75, 3.05) is 0 Å². The molecule has 0 bridgehead atoms. The highest BCUT2D eigenvalue weighted by atomic mass is 35.5. The monoisotopic (exact) mass is 273 g/mol. The van der Waals surface area contributed by atoms with Crippen LogP contribution in [0.4, 0.5) is 0 Å². The van der Waals surface area contributed by atoms with E-state index in [1.165, 1.54) is 16.7 Å². The third kappa shape index (κ3) is 3.59. The first-order valence-corrected chi connectivity index (χ1v) is 7.07. The maximum absolute atomic E-state index is 6.31. The lowest BCUT2D eigenvalue weighted by atomic mass is 9.95. The lowest BCUT2D eigenvalue weighted by molar-refractivity contribution is 0.716. The topological polar surface area (TPSA) is 26.0 Å². The highest BCUT2D eigenvalue weighted by Gasteiger charge is 2.10. The molecule has 0 aliphatic heterocycles. The number of aryl methyl sites for hydroxylation is 2. The van der Waals surface area contributed by atoms with Gasteiger partial charge in [-0.3, -0.25) is 0 Å². The van der Waals surface area contributed by atoms with E-state index in [1.54, 1.807) is 0 Å². The average Bonchev–Trinajstić information content (AvgIpc) is 2.39. The molecule has 2 N–H and O–H groups in total. The molecule has 0 fully saturated rings. The summed E-state index contributed by atoms with van der Waals surface area (Å²) in [5, 5.41) is 0.765. The van der Waals surface area contributed by atoms with Gasteiger partial charge in [-0.05, 0) is 54.2 Å². The van der Waals surface area contributed by atoms with Crippen LogP contribution in [0.1, 0.15) is 35.2 Å². The Hall–Kier alpha value is -1.31. The minimum atomic E-state index is 0.0183. The predicted octanol–water partition coefficient (Wildman–Crippen LogP) is 4.45. The highest BCUT2D eigenvalue weighted by Crippen LogP contribution is 2.22. The Morgan fingerprint density at radius 1 is 1.05 bits per heavy atom. The molecular formula is C17H20ClN. The molecule has 100 valence electrons. The molecule has 2 heteroatoms. The fraction of sp³-hybridized carbons (Fsp3) is 0.294. The van der Waals surface area contributed by atoms with Crippen LogP contribution < -0.4 is 5.73 Å². The van der Waals surface area contributed by atoms with Crippen LogP contribution in [-0.4, -0.2) is 0 Å². The van der Waals surface area contributed by atoms with Gasteiger partial charge in [0.15, 0.2) is 0 Å². The van der Waals surface area contributed by atoms with Crippen LogP contribution in [0.3, 0.4) is 0 Å². The summed E-state index contributed by atoms with van der Waals surface area (Å²) in [5.74, 6) is 0. The van der Waals surface area contributed by atoms with Gasteiger partial charge < -0.3 is 5.73 Å². The van der Waals surface area contributed by atoms with Gasteiger partial charge in [-0.2, -0.15) is 0 Å². The molecule has 0 heterocycles. The maximum Gasteiger partial charge on any atom is 0.0408 e. The van der Waals surface area contributed by atoms with Crippen molar-refractivity contribution in [3.63, 3.8) is 0 Å². The summed E-state index contributed by atoms with van der Waals surface area (Å²) in [6.45, 7) is 4.22. The van der Waals surface area contributed by atoms with Gasteiger partial charge in [-0.25, -0.2) is 0 Å². The Labute approximate surface area is 120 Å². The smallest absolute Gasteiger partial charge is 0.0408 e. The fourth-order valence-electron chi connectivity index (χ4n) is 2.33. The van der Waals surface area contributed by atoms with Crippen LogP contribution >= 0.6 is 11.6 Å². The van der Waals surface area contributed by atoms with Gasteiger partial charge in [0.2, 0.25) is 0 Å². The summed E-state index contributed by atoms with van der Waals surface area (Å²) in [7, 11) is 0. The van der Waals surface area contributed by atoms with Gasteiger partial charge in [-0.1, -0.05) is 48.9 Å². The third-order valence-corrected chi connectivity index (χ3v) is 3.75. The molecule has 0 aromatic heterocycles. The first kappa shape index (κ1) is 14.1. The van der Waals surface area contributed by atoms with Gasteiger partial charge in [-0.15, -0.1) is 0 Å². The van der Waals surface area contributed by atoms with E-state index in [0.717, 1.165) is 23.4 Å². The average molecular weight is 274 g/mol. The van der Waals surface area contributed by atoms with Crippen molar-refractivity contribution >= 4 is 11.6 Å². The van der Waals surface area contributed by atoms with Crippen molar-refractivity contribution in [1.82, 2.24) is 0 Å². The zero-order valence-corrected chi connectivity index (χ0v) is 12.2. The fourth-order valence-corrected chi connectivity index (χ4v) is 2.56. The summed E-state index contributed by atoms with van der Waals surface area (Å²) in [5.41, 5.74) is 11.3. The number of nitrogens with two attached hydrogens (primary N) is 1. The van der Waals surface area contributed by atoms with E-state index in [2.05, 4.69) is 38.1 Å². The van der Waals surface area contributed by atoms with Crippen LogP contribution in [0, 0.1) is 6.92 Å². The minimum absolute atomic E-state index is 0.0183. The number of halogens is 1. The van der Waals surface area contributed by atoms with E-state index in [0.29, 0.717) is 0 Å². The largest absolute Gasteiger partial charge is 0.324 e. The maximum atomic E-state index is 6.31. The van der Waals surface area contributed by atoms with E-state index in [9.17, 15) is 0 Å². The number of hydrogen-bond acceptors (Lipinski definition) is 1. The second-order valence-corrected chi connectivity index (χ2v) is 5.42. The van der Waals surface area contributed by atoms with Crippen LogP contribution in [0.5, 0.6) is 0 Å². The summed E-state index contributed by atoms with van der Waals surface area (Å²) in [6.07, 6.45) is 1.93. The van der Waals surface area contributed by atoms with E-state index < -0.39 is 0 Å². The van der Waals surface area contributed by atoms with E-state index in [1.807, 2.05) is 18.2 Å². The van der Waals surface area contributed by atoms with Crippen molar-refractivity contribution in [2.24, 2.45) is 5.73 Å². The molecule has 0 saturated heterocycles. The Kier molecular flexibility index (Phi) is 4.62. The molecule has 0 radical (unpaired) electrons. The first-order valence-electron chi connectivity index (χ1n) is 6.69. The Morgan fingerprint density at radius 3 is 2.26 bits per heavy atom. The summed E-state index contributed by atoms with van der Waals surface area (Å²) in [4.78, 5) is 0. The summed E-state index contributed by atoms with van der Waals surface area (Å²) < 4.78 is 0. The molecule has 1 atom stereocenters. The minimum Gasteiger partial charge on any atom is -0.324 e. The van der Waals surface area contributed by atoms with Gasteiger partial charge in [0.1, 0.15) is 0 Å². The van der Waals surface area contributed by atoms with E-state index in [4.69, 9.17) is 17.3 Å². The predicted molar refractivity (Wildman–Crippen MR) is 82.6 cm³/mol. The lowest BCUT2D eigenvalue weighted by Crippen LogP contribution is -2.14. The standard InChI is InChI=1S/C17H20ClN/c1-3-13-4-6-14(7-5-13)11-17(19)16-9-8-15(18)10-12(16)2/h4-10,17H,3,11,19H2,1-2H3. The van der Waals surface area contributed by atoms with E-state index in [-0.39, 0.29) is 6.04 Å². The Morgan fingerprint density at radius 2 is 1.68 bits per heavy atom. The quantitative estimate of drug-likeness (QED) is 0.875. The van der Waals surface area contributed by atoms with Crippen molar-refractivity contribution < 1.29 is 0 Å². The van der Waals surface area contributed by atoms with Gasteiger partial charge in [0.25, 0.3) is 0 Å². The van der Waals surface area contributed by atoms with Crippen molar-refractivity contribution in [3.05, 3.63) is 69.7 Å². The molecule has 19 heavy (non-hydrogen) atoms. The number of rotatable bonds is 4. The summed E-state index contributed by atoms with van der Waals surface area (Å²) in [6, 6.07) is 14.6. The molecule has 0 saturated carbocycles. The molecule has 2 aromatic rings. The Bertz CT molecular complexity index is 546. The molecule has 0 spiro atoms. The van der Waals surface area contributed by atoms with Crippen LogP contribution in [0.2, 0.25) is 5.02 Å². The van der Waals surface area contributed by atoms with Gasteiger partial charge in [0.05, 0.1) is 0 Å². The molecule has 0 aliphatic rings. The molecule has 0 aliphatic carbocycles. The Balaban J connectivity index is 2.13. The van der Waals surface area contributed by atoms with Crippen LogP contribution in [0.15, 0.2) is 42.5 Å². The van der Waals surface area contributed by atoms with Crippen LogP contribution in [-0.2, 0) is 12.8 Å². The zero-order valence-electron chi connectivity index (χ0n) is 11.5. The molecular weight excluding hydrogens is 254 g/mol. The first-order chi connectivity index (χ1) is 9.10. The van der Waals surface area contributed by atoms with Gasteiger partial charge >= 0.3 is 0 Å². The highest BCUT2D eigenvalue weighted by molar-refractivity contribution is 6.30. The molecule has 2 aromatic carbocycles. The van der Waals surface area contributed by atoms with E-state index >= 15 is 0 Å². The van der Waals surface area contributed by atoms with Crippen LogP contribution in [0.25, 0.3) is 0 Å². The third-order valence-electron chi connectivity index (χ3n) is 3.52. The van der Waals surface area contributed by atoms with Crippen molar-refractivity contribution in [3.8, 4) is 0 Å². The lowest BCUT2D eigenvalue weighted by Gasteiger charge is -2.15. The molecule has 1 nitrogen and oxygen atoms in total. The summed E-state index contributed by atoms with van der Waals surface area (Å²) >= 11 is 5.97. The molecule has 0 amide bonds. The second-order valence-electron chi connectivity index (χ2n) is 4.98. The van der Waals surface area contributed by atoms with Crippen molar-refractivity contribution in [1.29, 1.82) is 0 Å². The molecule has 1 unspecified atom stereocenters. The normalized spacial score (nSPS) is 12.4. The van der Waals surface area contributed by atoms with Crippen molar-refractivity contribution in [2.45, 2.75) is 32.7 Å². The SMILES string of the molecule is CCc1ccc(CC(N)c2ccc(Cl)cc2C)cc1. The molecule has 2 rings (SSSR count). The number of hydrogen-bond donors (Lipinski definition) is 1. The number of benzene rings is 2. The second kappa shape index (κ2) is 6.23. The zero-order chi connectivity index (χ0) is 13.8.